The van der Waals surface area contributed by atoms with Crippen LogP contribution in [0, 0.1) is 12.8 Å². The summed E-state index contributed by atoms with van der Waals surface area (Å²) in [6.07, 6.45) is 0.485. The van der Waals surface area contributed by atoms with Crippen LogP contribution in [0.5, 0.6) is 0 Å². The highest BCUT2D eigenvalue weighted by molar-refractivity contribution is 9.10. The maximum absolute atomic E-state index is 13.3. The topological polar surface area (TPSA) is 29.1 Å². The Morgan fingerprint density at radius 3 is 2.84 bits per heavy atom. The Kier molecular flexibility index (Phi) is 4.23. The molecular formula is C14H16BrF2NO. The number of rotatable bonds is 2. The number of carbonyl (C=O) groups is 1. The van der Waals surface area contributed by atoms with Gasteiger partial charge in [0.15, 0.2) is 0 Å². The van der Waals surface area contributed by atoms with Crippen LogP contribution in [0.1, 0.15) is 31.2 Å². The zero-order chi connectivity index (χ0) is 14.0. The lowest BCUT2D eigenvalue weighted by Gasteiger charge is -2.28. The van der Waals surface area contributed by atoms with E-state index in [1.165, 1.54) is 0 Å². The summed E-state index contributed by atoms with van der Waals surface area (Å²) < 4.78 is 27.4. The van der Waals surface area contributed by atoms with Crippen LogP contribution in [-0.4, -0.2) is 11.8 Å². The third-order valence-electron chi connectivity index (χ3n) is 3.39. The average Bonchev–Trinajstić information content (AvgIpc) is 2.31. The molecule has 0 spiro atoms. The minimum atomic E-state index is -2.70. The van der Waals surface area contributed by atoms with Crippen molar-refractivity contribution in [1.29, 1.82) is 0 Å². The van der Waals surface area contributed by atoms with Crippen molar-refractivity contribution >= 4 is 27.5 Å². The minimum absolute atomic E-state index is 0.106. The molecule has 1 atom stereocenters. The molecule has 0 aliphatic heterocycles. The molecule has 1 N–H and O–H groups in total. The van der Waals surface area contributed by atoms with Crippen molar-refractivity contribution in [3.05, 3.63) is 28.2 Å². The van der Waals surface area contributed by atoms with E-state index in [2.05, 4.69) is 21.2 Å². The normalized spacial score (nSPS) is 22.0. The lowest BCUT2D eigenvalue weighted by molar-refractivity contribution is -0.127. The lowest BCUT2D eigenvalue weighted by atomic mass is 9.86. The molecular weight excluding hydrogens is 316 g/mol. The predicted octanol–water partition coefficient (Wildman–Crippen LogP) is 4.52. The van der Waals surface area contributed by atoms with E-state index >= 15 is 0 Å². The van der Waals surface area contributed by atoms with E-state index in [4.69, 9.17) is 0 Å². The molecule has 104 valence electrons. The first-order valence-corrected chi connectivity index (χ1v) is 7.11. The number of carbonyl (C=O) groups excluding carboxylic acids is 1. The highest BCUT2D eigenvalue weighted by Gasteiger charge is 2.39. The zero-order valence-corrected chi connectivity index (χ0v) is 12.3. The Hall–Kier alpha value is -0.970. The lowest BCUT2D eigenvalue weighted by Crippen LogP contribution is -2.33. The van der Waals surface area contributed by atoms with E-state index in [1.807, 2.05) is 19.1 Å². The van der Waals surface area contributed by atoms with Gasteiger partial charge in [-0.1, -0.05) is 6.07 Å². The fourth-order valence-corrected chi connectivity index (χ4v) is 2.94. The van der Waals surface area contributed by atoms with Gasteiger partial charge in [0.1, 0.15) is 0 Å². The van der Waals surface area contributed by atoms with Gasteiger partial charge in [-0.25, -0.2) is 8.78 Å². The number of benzene rings is 1. The van der Waals surface area contributed by atoms with E-state index in [0.29, 0.717) is 18.5 Å². The number of alkyl halides is 2. The average molecular weight is 332 g/mol. The van der Waals surface area contributed by atoms with Gasteiger partial charge in [0.05, 0.1) is 5.69 Å². The fraction of sp³-hybridized carbons (Fsp3) is 0.500. The van der Waals surface area contributed by atoms with Gasteiger partial charge in [0.2, 0.25) is 11.8 Å². The van der Waals surface area contributed by atoms with Gasteiger partial charge in [0, 0.05) is 23.2 Å². The standard InChI is InChI=1S/C14H16BrF2NO/c1-9-4-5-12(11(15)7-9)18-13(19)10-3-2-6-14(16,17)8-10/h4-5,7,10H,2-3,6,8H2,1H3,(H,18,19). The molecule has 5 heteroatoms. The summed E-state index contributed by atoms with van der Waals surface area (Å²) in [5.74, 6) is -3.62. The summed E-state index contributed by atoms with van der Waals surface area (Å²) in [5, 5.41) is 2.73. The van der Waals surface area contributed by atoms with Crippen LogP contribution in [-0.2, 0) is 4.79 Å². The summed E-state index contributed by atoms with van der Waals surface area (Å²) in [6.45, 7) is 1.94. The Balaban J connectivity index is 2.04. The maximum Gasteiger partial charge on any atom is 0.248 e. The molecule has 1 fully saturated rings. The number of amides is 1. The summed E-state index contributed by atoms with van der Waals surface area (Å²) in [6, 6.07) is 5.53. The van der Waals surface area contributed by atoms with Crippen LogP contribution >= 0.6 is 15.9 Å². The first-order chi connectivity index (χ1) is 8.87. The van der Waals surface area contributed by atoms with E-state index in [1.54, 1.807) is 6.07 Å². The molecule has 0 aromatic heterocycles. The van der Waals surface area contributed by atoms with E-state index < -0.39 is 11.8 Å². The molecule has 2 nitrogen and oxygen atoms in total. The van der Waals surface area contributed by atoms with E-state index in [0.717, 1.165) is 10.0 Å². The van der Waals surface area contributed by atoms with Crippen molar-refractivity contribution in [2.45, 2.75) is 38.5 Å². The third-order valence-corrected chi connectivity index (χ3v) is 4.05. The van der Waals surface area contributed by atoms with Crippen molar-refractivity contribution in [1.82, 2.24) is 0 Å². The first kappa shape index (κ1) is 14.4. The highest BCUT2D eigenvalue weighted by Crippen LogP contribution is 2.37. The molecule has 1 aliphatic carbocycles. The van der Waals surface area contributed by atoms with Crippen LogP contribution in [0.2, 0.25) is 0 Å². The van der Waals surface area contributed by atoms with Crippen LogP contribution in [0.25, 0.3) is 0 Å². The molecule has 0 bridgehead atoms. The van der Waals surface area contributed by atoms with Gasteiger partial charge in [-0.15, -0.1) is 0 Å². The largest absolute Gasteiger partial charge is 0.325 e. The Bertz CT molecular complexity index is 490. The second kappa shape index (κ2) is 5.57. The number of hydrogen-bond acceptors (Lipinski definition) is 1. The monoisotopic (exact) mass is 331 g/mol. The van der Waals surface area contributed by atoms with Gasteiger partial charge < -0.3 is 5.32 Å². The van der Waals surface area contributed by atoms with Crippen molar-refractivity contribution < 1.29 is 13.6 Å². The molecule has 1 unspecified atom stereocenters. The molecule has 1 amide bonds. The van der Waals surface area contributed by atoms with Crippen LogP contribution in [0.4, 0.5) is 14.5 Å². The predicted molar refractivity (Wildman–Crippen MR) is 74.4 cm³/mol. The van der Waals surface area contributed by atoms with Gasteiger partial charge in [-0.05, 0) is 53.4 Å². The summed E-state index contributed by atoms with van der Waals surface area (Å²) in [4.78, 5) is 12.0. The van der Waals surface area contributed by atoms with Crippen molar-refractivity contribution in [2.24, 2.45) is 5.92 Å². The van der Waals surface area contributed by atoms with Crippen molar-refractivity contribution in [2.75, 3.05) is 5.32 Å². The molecule has 0 radical (unpaired) electrons. The molecule has 1 aromatic carbocycles. The van der Waals surface area contributed by atoms with Crippen molar-refractivity contribution in [3.63, 3.8) is 0 Å². The van der Waals surface area contributed by atoms with Crippen molar-refractivity contribution in [3.8, 4) is 0 Å². The Morgan fingerprint density at radius 2 is 2.21 bits per heavy atom. The van der Waals surface area contributed by atoms with Crippen LogP contribution < -0.4 is 5.32 Å². The van der Waals surface area contributed by atoms with Crippen LogP contribution in [0.3, 0.4) is 0 Å². The Morgan fingerprint density at radius 1 is 1.47 bits per heavy atom. The first-order valence-electron chi connectivity index (χ1n) is 6.32. The zero-order valence-electron chi connectivity index (χ0n) is 10.7. The Labute approximate surface area is 119 Å². The second-order valence-electron chi connectivity index (χ2n) is 5.12. The fourth-order valence-electron chi connectivity index (χ4n) is 2.35. The number of halogens is 3. The molecule has 1 saturated carbocycles. The van der Waals surface area contributed by atoms with Gasteiger partial charge in [-0.3, -0.25) is 4.79 Å². The molecule has 1 aromatic rings. The second-order valence-corrected chi connectivity index (χ2v) is 5.98. The molecule has 1 aliphatic rings. The summed E-state index contributed by atoms with van der Waals surface area (Å²) in [5.41, 5.74) is 1.69. The number of anilines is 1. The molecule has 0 saturated heterocycles. The SMILES string of the molecule is Cc1ccc(NC(=O)C2CCCC(F)(F)C2)c(Br)c1. The summed E-state index contributed by atoms with van der Waals surface area (Å²) in [7, 11) is 0. The number of nitrogens with one attached hydrogen (secondary N) is 1. The van der Waals surface area contributed by atoms with Crippen LogP contribution in [0.15, 0.2) is 22.7 Å². The number of hydrogen-bond donors (Lipinski definition) is 1. The quantitative estimate of drug-likeness (QED) is 0.848. The smallest absolute Gasteiger partial charge is 0.248 e. The third kappa shape index (κ3) is 3.75. The molecule has 19 heavy (non-hydrogen) atoms. The maximum atomic E-state index is 13.3. The van der Waals surface area contributed by atoms with E-state index in [-0.39, 0.29) is 18.7 Å². The highest BCUT2D eigenvalue weighted by atomic mass is 79.9. The van der Waals surface area contributed by atoms with E-state index in [9.17, 15) is 13.6 Å². The summed E-state index contributed by atoms with van der Waals surface area (Å²) >= 11 is 3.36. The van der Waals surface area contributed by atoms with Gasteiger partial charge in [-0.2, -0.15) is 0 Å². The number of aryl methyl sites for hydroxylation is 1. The molecule has 2 rings (SSSR count). The molecule has 0 heterocycles. The van der Waals surface area contributed by atoms with Gasteiger partial charge >= 0.3 is 0 Å². The minimum Gasteiger partial charge on any atom is -0.325 e. The van der Waals surface area contributed by atoms with Gasteiger partial charge in [0.25, 0.3) is 0 Å².